The minimum absolute atomic E-state index is 0.0595. The van der Waals surface area contributed by atoms with Crippen molar-refractivity contribution in [3.8, 4) is 0 Å². The van der Waals surface area contributed by atoms with Crippen molar-refractivity contribution in [3.05, 3.63) is 60.2 Å². The third-order valence-corrected chi connectivity index (χ3v) is 5.83. The molecular formula is C21H20O2S. The maximum atomic E-state index is 12.0. The Bertz CT molecular complexity index is 929. The van der Waals surface area contributed by atoms with Gasteiger partial charge < -0.3 is 4.74 Å². The number of cyclic esters (lactones) is 1. The molecule has 1 aliphatic rings. The van der Waals surface area contributed by atoms with E-state index in [4.69, 9.17) is 4.74 Å². The summed E-state index contributed by atoms with van der Waals surface area (Å²) in [5.74, 6) is 0.751. The van der Waals surface area contributed by atoms with Crippen molar-refractivity contribution in [2.75, 3.05) is 0 Å². The molecule has 0 N–H and O–H groups in total. The highest BCUT2D eigenvalue weighted by Crippen LogP contribution is 2.36. The van der Waals surface area contributed by atoms with Crippen LogP contribution in [0.15, 0.2) is 54.6 Å². The van der Waals surface area contributed by atoms with Crippen LogP contribution >= 0.6 is 11.8 Å². The predicted octanol–water partition coefficient (Wildman–Crippen LogP) is 5.32. The number of esters is 1. The SMILES string of the molecule is CC1(C)CC(SCc2cccc3cc4ccccc4cc23)C(=O)O1. The number of hydrogen-bond acceptors (Lipinski definition) is 3. The maximum Gasteiger partial charge on any atom is 0.319 e. The molecule has 0 amide bonds. The molecule has 3 aromatic carbocycles. The van der Waals surface area contributed by atoms with E-state index >= 15 is 0 Å². The van der Waals surface area contributed by atoms with E-state index in [-0.39, 0.29) is 16.8 Å². The van der Waals surface area contributed by atoms with E-state index in [2.05, 4.69) is 54.6 Å². The molecule has 1 saturated heterocycles. The van der Waals surface area contributed by atoms with Crippen LogP contribution in [0.3, 0.4) is 0 Å². The molecule has 1 atom stereocenters. The van der Waals surface area contributed by atoms with Gasteiger partial charge in [0.05, 0.1) is 0 Å². The third kappa shape index (κ3) is 2.89. The van der Waals surface area contributed by atoms with E-state index in [1.54, 1.807) is 11.8 Å². The smallest absolute Gasteiger partial charge is 0.319 e. The normalized spacial score (nSPS) is 19.8. The summed E-state index contributed by atoms with van der Waals surface area (Å²) >= 11 is 1.69. The quantitative estimate of drug-likeness (QED) is 0.478. The van der Waals surface area contributed by atoms with Crippen molar-refractivity contribution in [1.29, 1.82) is 0 Å². The van der Waals surface area contributed by atoms with Crippen molar-refractivity contribution < 1.29 is 9.53 Å². The number of ether oxygens (including phenoxy) is 1. The van der Waals surface area contributed by atoms with Crippen LogP contribution < -0.4 is 0 Å². The van der Waals surface area contributed by atoms with Crippen LogP contribution in [0.25, 0.3) is 21.5 Å². The van der Waals surface area contributed by atoms with Crippen LogP contribution in [-0.2, 0) is 15.3 Å². The van der Waals surface area contributed by atoms with Crippen LogP contribution in [0.1, 0.15) is 25.8 Å². The minimum Gasteiger partial charge on any atom is -0.459 e. The van der Waals surface area contributed by atoms with Crippen LogP contribution in [0.4, 0.5) is 0 Å². The number of carbonyl (C=O) groups is 1. The van der Waals surface area contributed by atoms with Crippen molar-refractivity contribution in [3.63, 3.8) is 0 Å². The van der Waals surface area contributed by atoms with Crippen molar-refractivity contribution >= 4 is 39.3 Å². The monoisotopic (exact) mass is 336 g/mol. The number of carbonyl (C=O) groups excluding carboxylic acids is 1. The summed E-state index contributed by atoms with van der Waals surface area (Å²) in [7, 11) is 0. The topological polar surface area (TPSA) is 26.3 Å². The first-order valence-electron chi connectivity index (χ1n) is 8.27. The summed E-state index contributed by atoms with van der Waals surface area (Å²) < 4.78 is 5.44. The van der Waals surface area contributed by atoms with Gasteiger partial charge in [-0.25, -0.2) is 0 Å². The molecule has 1 fully saturated rings. The lowest BCUT2D eigenvalue weighted by Crippen LogP contribution is -2.17. The van der Waals surface area contributed by atoms with Gasteiger partial charge in [-0.3, -0.25) is 4.79 Å². The lowest BCUT2D eigenvalue weighted by atomic mass is 10.0. The Morgan fingerprint density at radius 3 is 2.46 bits per heavy atom. The second-order valence-corrected chi connectivity index (χ2v) is 8.21. The van der Waals surface area contributed by atoms with E-state index in [0.717, 1.165) is 12.2 Å². The summed E-state index contributed by atoms with van der Waals surface area (Å²) in [6, 6.07) is 19.4. The van der Waals surface area contributed by atoms with Gasteiger partial charge >= 0.3 is 5.97 Å². The Balaban J connectivity index is 1.64. The Labute approximate surface area is 146 Å². The largest absolute Gasteiger partial charge is 0.459 e. The van der Waals surface area contributed by atoms with E-state index in [0.29, 0.717) is 0 Å². The zero-order valence-corrected chi connectivity index (χ0v) is 14.7. The number of thioether (sulfide) groups is 1. The fourth-order valence-corrected chi connectivity index (χ4v) is 4.72. The van der Waals surface area contributed by atoms with Gasteiger partial charge in [0, 0.05) is 12.2 Å². The van der Waals surface area contributed by atoms with E-state index in [1.807, 2.05) is 13.8 Å². The first-order chi connectivity index (χ1) is 11.5. The fourth-order valence-electron chi connectivity index (χ4n) is 3.38. The summed E-state index contributed by atoms with van der Waals surface area (Å²) in [5, 5.41) is 4.98. The van der Waals surface area contributed by atoms with Gasteiger partial charge in [0.25, 0.3) is 0 Å². The van der Waals surface area contributed by atoms with Gasteiger partial charge in [0.1, 0.15) is 10.9 Å². The Hall–Kier alpha value is -2.00. The van der Waals surface area contributed by atoms with Crippen LogP contribution in [-0.4, -0.2) is 16.8 Å². The van der Waals surface area contributed by atoms with Gasteiger partial charge in [0.2, 0.25) is 0 Å². The lowest BCUT2D eigenvalue weighted by molar-refractivity contribution is -0.145. The van der Waals surface area contributed by atoms with Crippen molar-refractivity contribution in [2.24, 2.45) is 0 Å². The van der Waals surface area contributed by atoms with Crippen LogP contribution in [0.5, 0.6) is 0 Å². The molecule has 0 aromatic heterocycles. The molecule has 2 nitrogen and oxygen atoms in total. The number of rotatable bonds is 3. The van der Waals surface area contributed by atoms with Gasteiger partial charge in [0.15, 0.2) is 0 Å². The van der Waals surface area contributed by atoms with Gasteiger partial charge in [-0.2, -0.15) is 0 Å². The summed E-state index contributed by atoms with van der Waals surface area (Å²) in [5.41, 5.74) is 0.949. The van der Waals surface area contributed by atoms with Gasteiger partial charge in [-0.15, -0.1) is 11.8 Å². The van der Waals surface area contributed by atoms with Crippen LogP contribution in [0, 0.1) is 0 Å². The lowest BCUT2D eigenvalue weighted by Gasteiger charge is -2.14. The Morgan fingerprint density at radius 1 is 1.04 bits per heavy atom. The standard InChI is InChI=1S/C21H20O2S/c1-21(2)12-19(20(22)23-21)24-13-17-9-5-8-16-10-14-6-3-4-7-15(14)11-18(16)17/h3-11,19H,12-13H2,1-2H3. The molecule has 0 spiro atoms. The molecule has 3 heteroatoms. The molecule has 1 aliphatic heterocycles. The molecule has 4 rings (SSSR count). The van der Waals surface area contributed by atoms with E-state index in [9.17, 15) is 4.79 Å². The average Bonchev–Trinajstić information content (AvgIpc) is 2.83. The molecular weight excluding hydrogens is 316 g/mol. The van der Waals surface area contributed by atoms with E-state index in [1.165, 1.54) is 27.1 Å². The molecule has 122 valence electrons. The van der Waals surface area contributed by atoms with Crippen molar-refractivity contribution in [2.45, 2.75) is 36.9 Å². The number of fused-ring (bicyclic) bond motifs is 2. The van der Waals surface area contributed by atoms with E-state index < -0.39 is 0 Å². The highest BCUT2D eigenvalue weighted by molar-refractivity contribution is 7.99. The first kappa shape index (κ1) is 15.5. The third-order valence-electron chi connectivity index (χ3n) is 4.59. The zero-order valence-electron chi connectivity index (χ0n) is 13.9. The fraction of sp³-hybridized carbons (Fsp3) is 0.286. The van der Waals surface area contributed by atoms with Crippen LogP contribution in [0.2, 0.25) is 0 Å². The average molecular weight is 336 g/mol. The Kier molecular flexibility index (Phi) is 3.76. The number of benzene rings is 3. The second kappa shape index (κ2) is 5.82. The molecule has 0 bridgehead atoms. The maximum absolute atomic E-state index is 12.0. The highest BCUT2D eigenvalue weighted by atomic mass is 32.2. The summed E-state index contributed by atoms with van der Waals surface area (Å²) in [6.07, 6.45) is 0.782. The highest BCUT2D eigenvalue weighted by Gasteiger charge is 2.40. The molecule has 0 aliphatic carbocycles. The Morgan fingerprint density at radius 2 is 1.75 bits per heavy atom. The molecule has 1 unspecified atom stereocenters. The second-order valence-electron chi connectivity index (χ2n) is 7.02. The number of hydrogen-bond donors (Lipinski definition) is 0. The predicted molar refractivity (Wildman–Crippen MR) is 101 cm³/mol. The molecule has 0 radical (unpaired) electrons. The summed E-state index contributed by atoms with van der Waals surface area (Å²) in [4.78, 5) is 12.0. The van der Waals surface area contributed by atoms with Crippen molar-refractivity contribution in [1.82, 2.24) is 0 Å². The first-order valence-corrected chi connectivity index (χ1v) is 9.32. The zero-order chi connectivity index (χ0) is 16.7. The van der Waals surface area contributed by atoms with Gasteiger partial charge in [-0.1, -0.05) is 42.5 Å². The molecule has 3 aromatic rings. The molecule has 1 heterocycles. The molecule has 0 saturated carbocycles. The summed E-state index contributed by atoms with van der Waals surface area (Å²) in [6.45, 7) is 3.96. The molecule has 24 heavy (non-hydrogen) atoms. The minimum atomic E-state index is -0.330. The van der Waals surface area contributed by atoms with Gasteiger partial charge in [-0.05, 0) is 53.1 Å².